The highest BCUT2D eigenvalue weighted by Crippen LogP contribution is 2.33. The molecule has 1 fully saturated rings. The summed E-state index contributed by atoms with van der Waals surface area (Å²) in [4.78, 5) is 24.9. The SMILES string of the molecule is CCCC[C@H](F)C(=O)N1C(=O)O[C@H](c2ccccc2)[C@@H]1C. The summed E-state index contributed by atoms with van der Waals surface area (Å²) in [5.74, 6) is -0.792. The molecule has 21 heavy (non-hydrogen) atoms. The van der Waals surface area contributed by atoms with Gasteiger partial charge in [0.1, 0.15) is 6.10 Å². The van der Waals surface area contributed by atoms with Gasteiger partial charge in [0.25, 0.3) is 5.91 Å². The Morgan fingerprint density at radius 3 is 2.67 bits per heavy atom. The molecule has 1 aliphatic heterocycles. The first-order valence-corrected chi connectivity index (χ1v) is 7.29. The van der Waals surface area contributed by atoms with E-state index in [1.165, 1.54) is 0 Å². The highest BCUT2D eigenvalue weighted by molar-refractivity contribution is 5.96. The number of hydrogen-bond acceptors (Lipinski definition) is 3. The largest absolute Gasteiger partial charge is 0.439 e. The molecule has 1 heterocycles. The maximum atomic E-state index is 13.9. The van der Waals surface area contributed by atoms with Crippen LogP contribution in [0.1, 0.15) is 44.8 Å². The fraction of sp³-hybridized carbons (Fsp3) is 0.500. The maximum absolute atomic E-state index is 13.9. The summed E-state index contributed by atoms with van der Waals surface area (Å²) in [6, 6.07) is 8.67. The molecule has 0 bridgehead atoms. The lowest BCUT2D eigenvalue weighted by atomic mass is 10.0. The first-order valence-electron chi connectivity index (χ1n) is 7.29. The Morgan fingerprint density at radius 2 is 2.05 bits per heavy atom. The topological polar surface area (TPSA) is 46.6 Å². The van der Waals surface area contributed by atoms with Crippen LogP contribution in [-0.2, 0) is 9.53 Å². The predicted molar refractivity (Wildman–Crippen MR) is 76.4 cm³/mol. The normalized spacial score (nSPS) is 23.0. The van der Waals surface area contributed by atoms with E-state index in [2.05, 4.69) is 0 Å². The highest BCUT2D eigenvalue weighted by Gasteiger charge is 2.45. The van der Waals surface area contributed by atoms with Gasteiger partial charge in [-0.1, -0.05) is 50.1 Å². The van der Waals surface area contributed by atoms with Gasteiger partial charge in [-0.2, -0.15) is 0 Å². The molecule has 0 unspecified atom stereocenters. The van der Waals surface area contributed by atoms with Gasteiger partial charge in [-0.25, -0.2) is 14.1 Å². The Hall–Kier alpha value is -1.91. The van der Waals surface area contributed by atoms with Gasteiger partial charge in [0, 0.05) is 0 Å². The van der Waals surface area contributed by atoms with Gasteiger partial charge in [0.2, 0.25) is 0 Å². The van der Waals surface area contributed by atoms with Crippen LogP contribution in [0.15, 0.2) is 30.3 Å². The number of imide groups is 1. The molecule has 0 radical (unpaired) electrons. The van der Waals surface area contributed by atoms with Crippen LogP contribution in [-0.4, -0.2) is 29.1 Å². The Labute approximate surface area is 123 Å². The Kier molecular flexibility index (Phi) is 4.94. The number of nitrogens with zero attached hydrogens (tertiary/aromatic N) is 1. The van der Waals surface area contributed by atoms with Crippen LogP contribution >= 0.6 is 0 Å². The Morgan fingerprint density at radius 1 is 1.38 bits per heavy atom. The number of amides is 2. The second-order valence-corrected chi connectivity index (χ2v) is 5.27. The molecule has 0 aromatic heterocycles. The van der Waals surface area contributed by atoms with Crippen molar-refractivity contribution < 1.29 is 18.7 Å². The van der Waals surface area contributed by atoms with Gasteiger partial charge in [-0.3, -0.25) is 4.79 Å². The standard InChI is InChI=1S/C16H20FNO3/c1-3-4-10-13(17)15(19)18-11(2)14(21-16(18)20)12-8-6-5-7-9-12/h5-9,11,13-14H,3-4,10H2,1-2H3/t11-,13-,14-/m0/s1. The van der Waals surface area contributed by atoms with E-state index >= 15 is 0 Å². The average molecular weight is 293 g/mol. The van der Waals surface area contributed by atoms with Crippen LogP contribution in [0.4, 0.5) is 9.18 Å². The van der Waals surface area contributed by atoms with Crippen LogP contribution in [0, 0.1) is 0 Å². The van der Waals surface area contributed by atoms with E-state index in [9.17, 15) is 14.0 Å². The Bertz CT molecular complexity index is 506. The first-order chi connectivity index (χ1) is 10.1. The summed E-state index contributed by atoms with van der Waals surface area (Å²) < 4.78 is 19.2. The van der Waals surface area contributed by atoms with Gasteiger partial charge in [0.05, 0.1) is 6.04 Å². The van der Waals surface area contributed by atoms with Crippen molar-refractivity contribution in [1.82, 2.24) is 4.90 Å². The lowest BCUT2D eigenvalue weighted by Gasteiger charge is -2.20. The molecule has 1 aliphatic rings. The summed E-state index contributed by atoms with van der Waals surface area (Å²) in [5.41, 5.74) is 0.803. The zero-order valence-corrected chi connectivity index (χ0v) is 12.3. The number of cyclic esters (lactones) is 1. The molecule has 4 nitrogen and oxygen atoms in total. The predicted octanol–water partition coefficient (Wildman–Crippen LogP) is 3.62. The molecular formula is C16H20FNO3. The van der Waals surface area contributed by atoms with Gasteiger partial charge in [-0.05, 0) is 18.9 Å². The molecular weight excluding hydrogens is 273 g/mol. The Balaban J connectivity index is 2.11. The van der Waals surface area contributed by atoms with Crippen molar-refractivity contribution in [2.45, 2.75) is 51.4 Å². The number of carbonyl (C=O) groups is 2. The second-order valence-electron chi connectivity index (χ2n) is 5.27. The minimum absolute atomic E-state index is 0.141. The molecule has 0 aliphatic carbocycles. The monoisotopic (exact) mass is 293 g/mol. The first kappa shape index (κ1) is 15.5. The van der Waals surface area contributed by atoms with Crippen molar-refractivity contribution in [3.63, 3.8) is 0 Å². The van der Waals surface area contributed by atoms with Gasteiger partial charge in [-0.15, -0.1) is 0 Å². The van der Waals surface area contributed by atoms with Crippen LogP contribution in [0.5, 0.6) is 0 Å². The van der Waals surface area contributed by atoms with Crippen LogP contribution < -0.4 is 0 Å². The number of hydrogen-bond donors (Lipinski definition) is 0. The molecule has 3 atom stereocenters. The lowest BCUT2D eigenvalue weighted by molar-refractivity contribution is -0.134. The molecule has 0 N–H and O–H groups in total. The molecule has 0 saturated carbocycles. The van der Waals surface area contributed by atoms with E-state index < -0.39 is 30.3 Å². The van der Waals surface area contributed by atoms with Crippen molar-refractivity contribution >= 4 is 12.0 Å². The zero-order valence-electron chi connectivity index (χ0n) is 12.3. The van der Waals surface area contributed by atoms with Crippen LogP contribution in [0.2, 0.25) is 0 Å². The lowest BCUT2D eigenvalue weighted by Crippen LogP contribution is -2.42. The van der Waals surface area contributed by atoms with Crippen molar-refractivity contribution in [2.24, 2.45) is 0 Å². The molecule has 0 spiro atoms. The summed E-state index contributed by atoms with van der Waals surface area (Å²) in [6.07, 6.45) is -1.38. The minimum atomic E-state index is -1.64. The minimum Gasteiger partial charge on any atom is -0.439 e. The maximum Gasteiger partial charge on any atom is 0.417 e. The third-order valence-corrected chi connectivity index (χ3v) is 3.71. The zero-order chi connectivity index (χ0) is 15.4. The fourth-order valence-electron chi connectivity index (χ4n) is 2.50. The second kappa shape index (κ2) is 6.70. The number of unbranched alkanes of at least 4 members (excludes halogenated alkanes) is 1. The van der Waals surface area contributed by atoms with Crippen molar-refractivity contribution in [1.29, 1.82) is 0 Å². The number of rotatable bonds is 5. The van der Waals surface area contributed by atoms with E-state index in [4.69, 9.17) is 4.74 Å². The van der Waals surface area contributed by atoms with E-state index in [1.54, 1.807) is 6.92 Å². The molecule has 114 valence electrons. The number of carbonyl (C=O) groups excluding carboxylic acids is 2. The van der Waals surface area contributed by atoms with Gasteiger partial charge < -0.3 is 4.74 Å². The summed E-state index contributed by atoms with van der Waals surface area (Å²) in [7, 11) is 0. The van der Waals surface area contributed by atoms with E-state index in [1.807, 2.05) is 37.3 Å². The van der Waals surface area contributed by atoms with Crippen molar-refractivity contribution in [3.8, 4) is 0 Å². The average Bonchev–Trinajstić information content (AvgIpc) is 2.80. The van der Waals surface area contributed by atoms with Gasteiger partial charge >= 0.3 is 6.09 Å². The number of benzene rings is 1. The number of ether oxygens (including phenoxy) is 1. The smallest absolute Gasteiger partial charge is 0.417 e. The molecule has 5 heteroatoms. The third kappa shape index (κ3) is 3.23. The highest BCUT2D eigenvalue weighted by atomic mass is 19.1. The quantitative estimate of drug-likeness (QED) is 0.833. The summed E-state index contributed by atoms with van der Waals surface area (Å²) >= 11 is 0. The van der Waals surface area contributed by atoms with E-state index in [0.29, 0.717) is 6.42 Å². The van der Waals surface area contributed by atoms with Crippen LogP contribution in [0.25, 0.3) is 0 Å². The van der Waals surface area contributed by atoms with E-state index in [-0.39, 0.29) is 6.42 Å². The van der Waals surface area contributed by atoms with E-state index in [0.717, 1.165) is 16.9 Å². The third-order valence-electron chi connectivity index (χ3n) is 3.71. The number of halogens is 1. The summed E-state index contributed by atoms with van der Waals surface area (Å²) in [6.45, 7) is 3.63. The number of alkyl halides is 1. The summed E-state index contributed by atoms with van der Waals surface area (Å²) in [5, 5.41) is 0. The van der Waals surface area contributed by atoms with Crippen molar-refractivity contribution in [2.75, 3.05) is 0 Å². The molecule has 2 amide bonds. The molecule has 1 saturated heterocycles. The molecule has 1 aromatic carbocycles. The van der Waals surface area contributed by atoms with Crippen molar-refractivity contribution in [3.05, 3.63) is 35.9 Å². The van der Waals surface area contributed by atoms with Crippen LogP contribution in [0.3, 0.4) is 0 Å². The molecule has 1 aromatic rings. The van der Waals surface area contributed by atoms with Gasteiger partial charge in [0.15, 0.2) is 6.17 Å². The molecule has 2 rings (SSSR count). The fourth-order valence-corrected chi connectivity index (χ4v) is 2.50.